The van der Waals surface area contributed by atoms with Crippen molar-refractivity contribution in [3.05, 3.63) is 0 Å². The van der Waals surface area contributed by atoms with Gasteiger partial charge < -0.3 is 28.6 Å². The normalized spacial score (nSPS) is 14.1. The summed E-state index contributed by atoms with van der Waals surface area (Å²) in [5, 5.41) is 27.3. The van der Waals surface area contributed by atoms with Gasteiger partial charge in [0.1, 0.15) is 0 Å². The number of carboxylic acid groups (broad SMARTS) is 3. The summed E-state index contributed by atoms with van der Waals surface area (Å²) in [6, 6.07) is 0.100. The van der Waals surface area contributed by atoms with Crippen LogP contribution in [0.4, 0.5) is 0 Å². The molecule has 0 rings (SSSR count). The van der Waals surface area contributed by atoms with Crippen LogP contribution in [0.25, 0.3) is 0 Å². The molecule has 0 aliphatic rings. The van der Waals surface area contributed by atoms with Crippen molar-refractivity contribution in [3.8, 4) is 0 Å². The lowest BCUT2D eigenvalue weighted by atomic mass is 9.87. The van der Waals surface area contributed by atoms with Crippen molar-refractivity contribution in [3.63, 3.8) is 0 Å². The van der Waals surface area contributed by atoms with Gasteiger partial charge in [-0.25, -0.2) is 0 Å². The zero-order valence-corrected chi connectivity index (χ0v) is 15.2. The molecule has 10 heteroatoms. The highest BCUT2D eigenvalue weighted by Crippen LogP contribution is 2.27. The zero-order valence-electron chi connectivity index (χ0n) is 14.2. The summed E-state index contributed by atoms with van der Waals surface area (Å²) in [5.41, 5.74) is 0. The maximum atomic E-state index is 11.5. The fourth-order valence-electron chi connectivity index (χ4n) is 2.42. The average molecular weight is 366 g/mol. The van der Waals surface area contributed by atoms with Crippen molar-refractivity contribution in [2.45, 2.75) is 39.7 Å². The third-order valence-corrected chi connectivity index (χ3v) is 6.46. The van der Waals surface area contributed by atoms with Crippen molar-refractivity contribution in [2.75, 3.05) is 19.8 Å². The standard InChI is InChI=1S/C14H26O9Si/c1-4-21-24(22-5-2,23-6-3)8-7-10(13(17)18)11(14(19)20)9-12(15)16/h10-11H,4-9H2,1-3H3,(H,15,16)(H,17,18)(H,19,20). The minimum absolute atomic E-state index is 0.100. The lowest BCUT2D eigenvalue weighted by Crippen LogP contribution is -2.47. The molecule has 0 aromatic carbocycles. The topological polar surface area (TPSA) is 140 Å². The van der Waals surface area contributed by atoms with E-state index in [9.17, 15) is 24.6 Å². The van der Waals surface area contributed by atoms with Gasteiger partial charge in [-0.05, 0) is 27.2 Å². The van der Waals surface area contributed by atoms with Crippen LogP contribution in [0.2, 0.25) is 6.04 Å². The molecule has 0 aromatic heterocycles. The summed E-state index contributed by atoms with van der Waals surface area (Å²) >= 11 is 0. The number of carboxylic acids is 3. The number of carbonyl (C=O) groups is 3. The molecule has 0 spiro atoms. The molecule has 3 N–H and O–H groups in total. The molecule has 0 fully saturated rings. The molecule has 0 radical (unpaired) electrons. The van der Waals surface area contributed by atoms with Crippen LogP contribution in [0.5, 0.6) is 0 Å². The quantitative estimate of drug-likeness (QED) is 0.388. The highest BCUT2D eigenvalue weighted by molar-refractivity contribution is 6.60. The third-order valence-electron chi connectivity index (χ3n) is 3.37. The molecule has 2 unspecified atom stereocenters. The van der Waals surface area contributed by atoms with Crippen molar-refractivity contribution < 1.29 is 43.0 Å². The molecule has 140 valence electrons. The largest absolute Gasteiger partial charge is 0.500 e. The molecule has 2 atom stereocenters. The Morgan fingerprint density at radius 3 is 1.54 bits per heavy atom. The van der Waals surface area contributed by atoms with Gasteiger partial charge in [-0.3, -0.25) is 14.4 Å². The smallest absolute Gasteiger partial charge is 0.481 e. The molecule has 0 saturated heterocycles. The van der Waals surface area contributed by atoms with E-state index < -0.39 is 45.0 Å². The molecule has 0 bridgehead atoms. The second-order valence-electron chi connectivity index (χ2n) is 5.01. The summed E-state index contributed by atoms with van der Waals surface area (Å²) in [4.78, 5) is 33.6. The van der Waals surface area contributed by atoms with Crippen LogP contribution in [0.15, 0.2) is 0 Å². The zero-order chi connectivity index (χ0) is 18.8. The Kier molecular flexibility index (Phi) is 10.4. The second kappa shape index (κ2) is 11.1. The number of hydrogen-bond acceptors (Lipinski definition) is 6. The molecule has 24 heavy (non-hydrogen) atoms. The number of rotatable bonds is 14. The fourth-order valence-corrected chi connectivity index (χ4v) is 5.09. The van der Waals surface area contributed by atoms with Crippen LogP contribution in [0, 0.1) is 11.8 Å². The minimum atomic E-state index is -3.13. The van der Waals surface area contributed by atoms with E-state index in [0.717, 1.165) is 0 Å². The fraction of sp³-hybridized carbons (Fsp3) is 0.786. The van der Waals surface area contributed by atoms with Gasteiger partial charge in [0.15, 0.2) is 0 Å². The molecule has 0 heterocycles. The first-order valence-electron chi connectivity index (χ1n) is 7.82. The van der Waals surface area contributed by atoms with E-state index in [1.165, 1.54) is 0 Å². The molecule has 0 aromatic rings. The SMILES string of the molecule is CCO[Si](CCC(C(=O)O)C(CC(=O)O)C(=O)O)(OCC)OCC. The molecular weight excluding hydrogens is 340 g/mol. The summed E-state index contributed by atoms with van der Waals surface area (Å²) in [5.74, 6) is -7.09. The van der Waals surface area contributed by atoms with Crippen molar-refractivity contribution in [2.24, 2.45) is 11.8 Å². The maximum absolute atomic E-state index is 11.5. The van der Waals surface area contributed by atoms with Gasteiger partial charge in [-0.15, -0.1) is 0 Å². The van der Waals surface area contributed by atoms with E-state index in [0.29, 0.717) is 19.8 Å². The molecule has 0 aliphatic heterocycles. The first-order chi connectivity index (χ1) is 11.2. The van der Waals surface area contributed by atoms with Crippen molar-refractivity contribution >= 4 is 26.7 Å². The lowest BCUT2D eigenvalue weighted by molar-refractivity contribution is -0.157. The monoisotopic (exact) mass is 366 g/mol. The van der Waals surface area contributed by atoms with E-state index in [1.807, 2.05) is 0 Å². The Bertz CT molecular complexity index is 409. The summed E-state index contributed by atoms with van der Waals surface area (Å²) in [6.45, 7) is 6.17. The average Bonchev–Trinajstić information content (AvgIpc) is 2.46. The maximum Gasteiger partial charge on any atom is 0.500 e. The van der Waals surface area contributed by atoms with Crippen LogP contribution in [-0.4, -0.2) is 61.9 Å². The predicted octanol–water partition coefficient (Wildman–Crippen LogP) is 1.30. The van der Waals surface area contributed by atoms with Gasteiger partial charge in [-0.2, -0.15) is 0 Å². The van der Waals surface area contributed by atoms with E-state index in [4.69, 9.17) is 18.4 Å². The Labute approximate surface area is 141 Å². The van der Waals surface area contributed by atoms with Crippen LogP contribution in [0.3, 0.4) is 0 Å². The highest BCUT2D eigenvalue weighted by Gasteiger charge is 2.44. The third kappa shape index (κ3) is 7.38. The first-order valence-corrected chi connectivity index (χ1v) is 9.75. The molecule has 0 amide bonds. The summed E-state index contributed by atoms with van der Waals surface area (Å²) < 4.78 is 16.8. The Balaban J connectivity index is 5.29. The van der Waals surface area contributed by atoms with E-state index in [2.05, 4.69) is 0 Å². The Hall–Kier alpha value is -1.49. The van der Waals surface area contributed by atoms with Crippen molar-refractivity contribution in [1.29, 1.82) is 0 Å². The van der Waals surface area contributed by atoms with E-state index >= 15 is 0 Å². The number of hydrogen-bond donors (Lipinski definition) is 3. The van der Waals surface area contributed by atoms with Gasteiger partial charge in [0.05, 0.1) is 18.3 Å². The van der Waals surface area contributed by atoms with E-state index in [1.54, 1.807) is 20.8 Å². The van der Waals surface area contributed by atoms with Gasteiger partial charge >= 0.3 is 26.7 Å². The van der Waals surface area contributed by atoms with Crippen LogP contribution >= 0.6 is 0 Å². The minimum Gasteiger partial charge on any atom is -0.481 e. The molecule has 0 saturated carbocycles. The predicted molar refractivity (Wildman–Crippen MR) is 84.6 cm³/mol. The molecule has 0 aliphatic carbocycles. The summed E-state index contributed by atoms with van der Waals surface area (Å²) in [7, 11) is -3.13. The van der Waals surface area contributed by atoms with Gasteiger partial charge in [-0.1, -0.05) is 0 Å². The Morgan fingerprint density at radius 1 is 0.833 bits per heavy atom. The van der Waals surface area contributed by atoms with Crippen LogP contribution in [-0.2, 0) is 27.7 Å². The molecular formula is C14H26O9Si. The lowest BCUT2D eigenvalue weighted by Gasteiger charge is -2.30. The first kappa shape index (κ1) is 22.5. The summed E-state index contributed by atoms with van der Waals surface area (Å²) in [6.07, 6.45) is -0.870. The highest BCUT2D eigenvalue weighted by atomic mass is 28.4. The van der Waals surface area contributed by atoms with Crippen LogP contribution in [0.1, 0.15) is 33.6 Å². The van der Waals surface area contributed by atoms with Crippen LogP contribution < -0.4 is 0 Å². The Morgan fingerprint density at radius 2 is 1.25 bits per heavy atom. The van der Waals surface area contributed by atoms with Gasteiger partial charge in [0.25, 0.3) is 0 Å². The van der Waals surface area contributed by atoms with Crippen molar-refractivity contribution in [1.82, 2.24) is 0 Å². The second-order valence-corrected chi connectivity index (χ2v) is 7.74. The van der Waals surface area contributed by atoms with Gasteiger partial charge in [0, 0.05) is 25.9 Å². The molecule has 9 nitrogen and oxygen atoms in total. The van der Waals surface area contributed by atoms with Gasteiger partial charge in [0.2, 0.25) is 0 Å². The number of aliphatic carboxylic acids is 3. The van der Waals surface area contributed by atoms with E-state index in [-0.39, 0.29) is 12.5 Å².